The SMILES string of the molecule is CC(CNC(=O)c1cc(-c2ccccc2Cl)n[nH]1)N1CCOCC1. The van der Waals surface area contributed by atoms with Gasteiger partial charge in [-0.3, -0.25) is 14.8 Å². The van der Waals surface area contributed by atoms with Gasteiger partial charge in [0.25, 0.3) is 5.91 Å². The van der Waals surface area contributed by atoms with Crippen LogP contribution in [0.4, 0.5) is 0 Å². The number of amides is 1. The van der Waals surface area contributed by atoms with Gasteiger partial charge in [0.1, 0.15) is 5.69 Å². The molecular weight excluding hydrogens is 328 g/mol. The van der Waals surface area contributed by atoms with Gasteiger partial charge in [0.2, 0.25) is 0 Å². The first-order valence-corrected chi connectivity index (χ1v) is 8.43. The molecule has 0 saturated carbocycles. The second-order valence-electron chi connectivity index (χ2n) is 5.85. The molecule has 1 aromatic carbocycles. The normalized spacial score (nSPS) is 16.8. The summed E-state index contributed by atoms with van der Waals surface area (Å²) in [6.45, 7) is 5.99. The fraction of sp³-hybridized carbons (Fsp3) is 0.412. The van der Waals surface area contributed by atoms with E-state index >= 15 is 0 Å². The third-order valence-corrected chi connectivity index (χ3v) is 4.53. The van der Waals surface area contributed by atoms with Crippen molar-refractivity contribution in [1.29, 1.82) is 0 Å². The monoisotopic (exact) mass is 348 g/mol. The van der Waals surface area contributed by atoms with Crippen LogP contribution in [0, 0.1) is 0 Å². The van der Waals surface area contributed by atoms with E-state index in [1.807, 2.05) is 18.2 Å². The lowest BCUT2D eigenvalue weighted by Gasteiger charge is -2.32. The van der Waals surface area contributed by atoms with Crippen LogP contribution in [0.1, 0.15) is 17.4 Å². The first kappa shape index (κ1) is 17.0. The Morgan fingerprint density at radius 2 is 2.17 bits per heavy atom. The van der Waals surface area contributed by atoms with Crippen molar-refractivity contribution in [2.45, 2.75) is 13.0 Å². The molecule has 1 saturated heterocycles. The lowest BCUT2D eigenvalue weighted by molar-refractivity contribution is 0.0204. The molecule has 1 aromatic heterocycles. The molecule has 3 rings (SSSR count). The molecule has 2 aromatic rings. The Hall–Kier alpha value is -1.89. The molecule has 1 aliphatic heterocycles. The minimum atomic E-state index is -0.166. The van der Waals surface area contributed by atoms with Crippen LogP contribution >= 0.6 is 11.6 Å². The van der Waals surface area contributed by atoms with Crippen LogP contribution in [0.25, 0.3) is 11.3 Å². The van der Waals surface area contributed by atoms with E-state index in [-0.39, 0.29) is 11.9 Å². The average molecular weight is 349 g/mol. The van der Waals surface area contributed by atoms with Crippen molar-refractivity contribution < 1.29 is 9.53 Å². The Kier molecular flexibility index (Phi) is 5.50. The van der Waals surface area contributed by atoms with Gasteiger partial charge < -0.3 is 10.1 Å². The van der Waals surface area contributed by atoms with Crippen molar-refractivity contribution in [2.24, 2.45) is 0 Å². The number of hydrogen-bond donors (Lipinski definition) is 2. The Morgan fingerprint density at radius 1 is 1.42 bits per heavy atom. The van der Waals surface area contributed by atoms with Crippen molar-refractivity contribution >= 4 is 17.5 Å². The van der Waals surface area contributed by atoms with Gasteiger partial charge in [-0.25, -0.2) is 0 Å². The topological polar surface area (TPSA) is 70.2 Å². The van der Waals surface area contributed by atoms with Gasteiger partial charge in [-0.1, -0.05) is 29.8 Å². The van der Waals surface area contributed by atoms with E-state index in [1.54, 1.807) is 12.1 Å². The van der Waals surface area contributed by atoms with Crippen molar-refractivity contribution in [3.63, 3.8) is 0 Å². The summed E-state index contributed by atoms with van der Waals surface area (Å²) >= 11 is 6.17. The number of morpholine rings is 1. The minimum absolute atomic E-state index is 0.166. The minimum Gasteiger partial charge on any atom is -0.379 e. The zero-order valence-electron chi connectivity index (χ0n) is 13.6. The molecule has 0 bridgehead atoms. The number of nitrogens with one attached hydrogen (secondary N) is 2. The molecule has 1 amide bonds. The number of aromatic nitrogens is 2. The predicted octanol–water partition coefficient (Wildman–Crippen LogP) is 2.18. The number of carbonyl (C=O) groups excluding carboxylic acids is 1. The van der Waals surface area contributed by atoms with Gasteiger partial charge in [0.15, 0.2) is 0 Å². The summed E-state index contributed by atoms with van der Waals surface area (Å²) in [5, 5.41) is 10.5. The highest BCUT2D eigenvalue weighted by Gasteiger charge is 2.18. The summed E-state index contributed by atoms with van der Waals surface area (Å²) in [5.74, 6) is -0.166. The van der Waals surface area contributed by atoms with Crippen molar-refractivity contribution in [2.75, 3.05) is 32.8 Å². The molecule has 24 heavy (non-hydrogen) atoms. The number of ether oxygens (including phenoxy) is 1. The largest absolute Gasteiger partial charge is 0.379 e. The third kappa shape index (κ3) is 3.95. The van der Waals surface area contributed by atoms with E-state index in [2.05, 4.69) is 27.3 Å². The van der Waals surface area contributed by atoms with E-state index < -0.39 is 0 Å². The summed E-state index contributed by atoms with van der Waals surface area (Å²) in [5.41, 5.74) is 1.89. The zero-order valence-corrected chi connectivity index (χ0v) is 14.3. The number of hydrogen-bond acceptors (Lipinski definition) is 4. The number of carbonyl (C=O) groups is 1. The standard InChI is InChI=1S/C17H21ClN4O2/c1-12(22-6-8-24-9-7-22)11-19-17(23)16-10-15(20-21-16)13-4-2-3-5-14(13)18/h2-5,10,12H,6-9,11H2,1H3,(H,19,23)(H,20,21). The van der Waals surface area contributed by atoms with Crippen LogP contribution in [-0.4, -0.2) is 59.9 Å². The Balaban J connectivity index is 1.59. The lowest BCUT2D eigenvalue weighted by Crippen LogP contribution is -2.47. The van der Waals surface area contributed by atoms with Gasteiger partial charge >= 0.3 is 0 Å². The second-order valence-corrected chi connectivity index (χ2v) is 6.26. The highest BCUT2D eigenvalue weighted by molar-refractivity contribution is 6.33. The third-order valence-electron chi connectivity index (χ3n) is 4.20. The van der Waals surface area contributed by atoms with Crippen molar-refractivity contribution in [3.05, 3.63) is 41.0 Å². The molecule has 6 nitrogen and oxygen atoms in total. The van der Waals surface area contributed by atoms with E-state index in [1.165, 1.54) is 0 Å². The molecule has 7 heteroatoms. The van der Waals surface area contributed by atoms with Crippen molar-refractivity contribution in [1.82, 2.24) is 20.4 Å². The Morgan fingerprint density at radius 3 is 2.92 bits per heavy atom. The Bertz CT molecular complexity index is 697. The summed E-state index contributed by atoms with van der Waals surface area (Å²) in [7, 11) is 0. The second kappa shape index (κ2) is 7.79. The fourth-order valence-corrected chi connectivity index (χ4v) is 2.96. The van der Waals surface area contributed by atoms with Gasteiger partial charge in [-0.05, 0) is 19.1 Å². The quantitative estimate of drug-likeness (QED) is 0.869. The molecule has 0 aliphatic carbocycles. The van der Waals surface area contributed by atoms with E-state index in [0.29, 0.717) is 23.0 Å². The maximum Gasteiger partial charge on any atom is 0.269 e. The summed E-state index contributed by atoms with van der Waals surface area (Å²) in [6, 6.07) is 9.41. The molecule has 1 atom stereocenters. The first-order chi connectivity index (χ1) is 11.6. The van der Waals surface area contributed by atoms with Crippen molar-refractivity contribution in [3.8, 4) is 11.3 Å². The lowest BCUT2D eigenvalue weighted by atomic mass is 10.1. The highest BCUT2D eigenvalue weighted by atomic mass is 35.5. The molecule has 1 unspecified atom stereocenters. The summed E-state index contributed by atoms with van der Waals surface area (Å²) in [4.78, 5) is 14.6. The van der Waals surface area contributed by atoms with E-state index in [4.69, 9.17) is 16.3 Å². The molecule has 128 valence electrons. The summed E-state index contributed by atoms with van der Waals surface area (Å²) < 4.78 is 5.35. The van der Waals surface area contributed by atoms with E-state index in [0.717, 1.165) is 31.9 Å². The predicted molar refractivity (Wildman–Crippen MR) is 93.2 cm³/mol. The summed E-state index contributed by atoms with van der Waals surface area (Å²) in [6.07, 6.45) is 0. The van der Waals surface area contributed by atoms with Crippen LogP contribution in [0.2, 0.25) is 5.02 Å². The number of nitrogens with zero attached hydrogens (tertiary/aromatic N) is 2. The molecular formula is C17H21ClN4O2. The van der Waals surface area contributed by atoms with Gasteiger partial charge in [-0.15, -0.1) is 0 Å². The maximum absolute atomic E-state index is 12.3. The first-order valence-electron chi connectivity index (χ1n) is 8.05. The molecule has 2 N–H and O–H groups in total. The molecule has 0 spiro atoms. The average Bonchev–Trinajstić information content (AvgIpc) is 3.10. The number of halogens is 1. The van der Waals surface area contributed by atoms with Crippen LogP contribution in [0.3, 0.4) is 0 Å². The Labute approximate surface area is 146 Å². The van der Waals surface area contributed by atoms with Gasteiger partial charge in [0.05, 0.1) is 23.9 Å². The molecule has 2 heterocycles. The molecule has 1 fully saturated rings. The van der Waals surface area contributed by atoms with Gasteiger partial charge in [0, 0.05) is 31.2 Å². The van der Waals surface area contributed by atoms with Crippen LogP contribution in [0.15, 0.2) is 30.3 Å². The van der Waals surface area contributed by atoms with Crippen LogP contribution < -0.4 is 5.32 Å². The number of rotatable bonds is 5. The molecule has 0 radical (unpaired) electrons. The zero-order chi connectivity index (χ0) is 16.9. The fourth-order valence-electron chi connectivity index (χ4n) is 2.73. The number of aromatic amines is 1. The van der Waals surface area contributed by atoms with Crippen LogP contribution in [0.5, 0.6) is 0 Å². The van der Waals surface area contributed by atoms with E-state index in [9.17, 15) is 4.79 Å². The van der Waals surface area contributed by atoms with Crippen LogP contribution in [-0.2, 0) is 4.74 Å². The smallest absolute Gasteiger partial charge is 0.269 e. The molecule has 1 aliphatic rings. The maximum atomic E-state index is 12.3. The van der Waals surface area contributed by atoms with Gasteiger partial charge in [-0.2, -0.15) is 5.10 Å². The highest BCUT2D eigenvalue weighted by Crippen LogP contribution is 2.26. The number of benzene rings is 1. The number of H-pyrrole nitrogens is 1.